The van der Waals surface area contributed by atoms with Gasteiger partial charge in [-0.2, -0.15) is 13.2 Å². The highest BCUT2D eigenvalue weighted by molar-refractivity contribution is 9.10. The number of hydrogen-bond donors (Lipinski definition) is 1. The predicted octanol–water partition coefficient (Wildman–Crippen LogP) is 5.47. The number of carbonyl (C=O) groups excluding carboxylic acids is 1. The van der Waals surface area contributed by atoms with E-state index < -0.39 is 12.1 Å². The van der Waals surface area contributed by atoms with Crippen LogP contribution in [0.2, 0.25) is 0 Å². The van der Waals surface area contributed by atoms with Crippen molar-refractivity contribution < 1.29 is 22.4 Å². The van der Waals surface area contributed by atoms with Crippen LogP contribution < -0.4 is 5.32 Å². The van der Waals surface area contributed by atoms with Gasteiger partial charge in [0.05, 0.1) is 0 Å². The molecule has 0 atom stereocenters. The second kappa shape index (κ2) is 10.4. The van der Waals surface area contributed by atoms with Crippen molar-refractivity contribution in [3.8, 4) is 0 Å². The van der Waals surface area contributed by atoms with E-state index in [-0.39, 0.29) is 11.9 Å². The Morgan fingerprint density at radius 1 is 1.07 bits per heavy atom. The molecule has 1 saturated carbocycles. The summed E-state index contributed by atoms with van der Waals surface area (Å²) in [6.45, 7) is 3.09. The summed E-state index contributed by atoms with van der Waals surface area (Å²) in [7, 11) is 0. The van der Waals surface area contributed by atoms with Crippen LogP contribution in [0.25, 0.3) is 0 Å². The van der Waals surface area contributed by atoms with Crippen LogP contribution in [0.15, 0.2) is 22.7 Å². The normalized spacial score (nSPS) is 24.0. The lowest BCUT2D eigenvalue weighted by atomic mass is 9.83. The number of alkyl halides is 3. The Kier molecular flexibility index (Phi) is 8.18. The summed E-state index contributed by atoms with van der Waals surface area (Å²) in [4.78, 5) is 13.5. The second-order valence-electron chi connectivity index (χ2n) is 8.70. The Bertz CT molecular complexity index is 712. The van der Waals surface area contributed by atoms with Crippen LogP contribution in [0.4, 0.5) is 17.6 Å². The van der Waals surface area contributed by atoms with Crippen molar-refractivity contribution in [1.82, 2.24) is 10.2 Å². The number of nitrogens with zero attached hydrogens (tertiary/aromatic N) is 1. The third kappa shape index (κ3) is 6.94. The van der Waals surface area contributed by atoms with E-state index >= 15 is 0 Å². The highest BCUT2D eigenvalue weighted by Crippen LogP contribution is 2.30. The maximum atomic E-state index is 13.5. The van der Waals surface area contributed by atoms with Gasteiger partial charge < -0.3 is 10.2 Å². The highest BCUT2D eigenvalue weighted by Gasteiger charge is 2.40. The zero-order chi connectivity index (χ0) is 21.7. The minimum Gasteiger partial charge on any atom is -0.346 e. The van der Waals surface area contributed by atoms with E-state index in [1.165, 1.54) is 6.07 Å². The van der Waals surface area contributed by atoms with Crippen LogP contribution in [0.3, 0.4) is 0 Å². The fraction of sp³-hybridized carbons (Fsp3) is 0.682. The molecule has 3 rings (SSSR count). The second-order valence-corrected chi connectivity index (χ2v) is 9.56. The molecule has 8 heteroatoms. The Labute approximate surface area is 183 Å². The van der Waals surface area contributed by atoms with Crippen LogP contribution >= 0.6 is 15.9 Å². The van der Waals surface area contributed by atoms with Crippen LogP contribution in [-0.4, -0.2) is 42.7 Å². The monoisotopic (exact) mass is 492 g/mol. The molecule has 1 saturated heterocycles. The third-order valence-corrected chi connectivity index (χ3v) is 7.29. The van der Waals surface area contributed by atoms with E-state index in [9.17, 15) is 22.4 Å². The lowest BCUT2D eigenvalue weighted by molar-refractivity contribution is -0.174. The molecule has 3 nitrogen and oxygen atoms in total. The Hall–Kier alpha value is -1.15. The van der Waals surface area contributed by atoms with Gasteiger partial charge in [0.2, 0.25) is 0 Å². The maximum Gasteiger partial charge on any atom is 0.471 e. The smallest absolute Gasteiger partial charge is 0.346 e. The lowest BCUT2D eigenvalue weighted by Gasteiger charge is -2.34. The fourth-order valence-electron chi connectivity index (χ4n) is 4.65. The van der Waals surface area contributed by atoms with Gasteiger partial charge in [0.15, 0.2) is 0 Å². The minimum atomic E-state index is -4.80. The fourth-order valence-corrected chi connectivity index (χ4v) is 5.06. The summed E-state index contributed by atoms with van der Waals surface area (Å²) in [5, 5.41) is 2.12. The van der Waals surface area contributed by atoms with Gasteiger partial charge in [0, 0.05) is 10.5 Å². The van der Waals surface area contributed by atoms with Gasteiger partial charge in [0.25, 0.3) is 0 Å². The molecule has 1 aliphatic heterocycles. The van der Waals surface area contributed by atoms with E-state index in [4.69, 9.17) is 0 Å². The molecule has 0 aromatic heterocycles. The van der Waals surface area contributed by atoms with Gasteiger partial charge in [-0.1, -0.05) is 15.9 Å². The minimum absolute atomic E-state index is 0.196. The Morgan fingerprint density at radius 2 is 1.73 bits per heavy atom. The number of amides is 1. The number of nitrogens with one attached hydrogen (secondary N) is 1. The van der Waals surface area contributed by atoms with E-state index in [1.807, 2.05) is 0 Å². The molecular formula is C22H29BrF4N2O. The largest absolute Gasteiger partial charge is 0.471 e. The molecule has 168 valence electrons. The SMILES string of the molecule is O=C(NC1CCC(CCN2CCC(Cc3cc(F)ccc3Br)CC2)CC1)C(F)(F)F. The van der Waals surface area contributed by atoms with Crippen molar-refractivity contribution >= 4 is 21.8 Å². The van der Waals surface area contributed by atoms with Crippen molar-refractivity contribution in [2.45, 2.75) is 63.6 Å². The maximum absolute atomic E-state index is 13.5. The molecule has 2 fully saturated rings. The number of benzene rings is 1. The molecule has 0 bridgehead atoms. The van der Waals surface area contributed by atoms with Crippen molar-refractivity contribution in [2.24, 2.45) is 11.8 Å². The first-order valence-corrected chi connectivity index (χ1v) is 11.5. The topological polar surface area (TPSA) is 32.3 Å². The molecule has 1 aromatic carbocycles. The summed E-state index contributed by atoms with van der Waals surface area (Å²) < 4.78 is 51.5. The van der Waals surface area contributed by atoms with Crippen molar-refractivity contribution in [1.29, 1.82) is 0 Å². The van der Waals surface area contributed by atoms with Gasteiger partial charge in [-0.15, -0.1) is 0 Å². The molecule has 1 heterocycles. The molecule has 1 aliphatic carbocycles. The van der Waals surface area contributed by atoms with E-state index in [1.54, 1.807) is 12.1 Å². The molecule has 30 heavy (non-hydrogen) atoms. The molecule has 0 unspecified atom stereocenters. The number of rotatable bonds is 6. The summed E-state index contributed by atoms with van der Waals surface area (Å²) in [5.74, 6) is -0.936. The highest BCUT2D eigenvalue weighted by atomic mass is 79.9. The molecule has 2 aliphatic rings. The standard InChI is InChI=1S/C22H29BrF4N2O/c23-20-6-3-18(24)14-17(20)13-16-8-11-29(12-9-16)10-7-15-1-4-19(5-2-15)28-21(30)22(25,26)27/h3,6,14-16,19H,1-2,4-5,7-13H2,(H,28,30). The first kappa shape index (κ1) is 23.5. The zero-order valence-electron chi connectivity index (χ0n) is 17.0. The average molecular weight is 493 g/mol. The first-order chi connectivity index (χ1) is 14.2. The number of carbonyl (C=O) groups is 1. The first-order valence-electron chi connectivity index (χ1n) is 10.7. The summed E-state index contributed by atoms with van der Waals surface area (Å²) in [6, 6.07) is 4.49. The van der Waals surface area contributed by atoms with Gasteiger partial charge in [-0.05, 0) is 107 Å². The molecular weight excluding hydrogens is 464 g/mol. The number of halogens is 5. The Morgan fingerprint density at radius 3 is 2.37 bits per heavy atom. The van der Waals surface area contributed by atoms with Crippen molar-refractivity contribution in [3.05, 3.63) is 34.1 Å². The molecule has 1 aromatic rings. The van der Waals surface area contributed by atoms with Crippen LogP contribution in [0.5, 0.6) is 0 Å². The third-order valence-electron chi connectivity index (χ3n) is 6.52. The van der Waals surface area contributed by atoms with E-state index in [2.05, 4.69) is 26.1 Å². The average Bonchev–Trinajstić information content (AvgIpc) is 2.70. The number of hydrogen-bond acceptors (Lipinski definition) is 2. The van der Waals surface area contributed by atoms with Crippen LogP contribution in [0.1, 0.15) is 50.5 Å². The quantitative estimate of drug-likeness (QED) is 0.534. The number of piperidine rings is 1. The molecule has 0 spiro atoms. The van der Waals surface area contributed by atoms with Crippen LogP contribution in [0, 0.1) is 17.7 Å². The van der Waals surface area contributed by atoms with Crippen molar-refractivity contribution in [3.63, 3.8) is 0 Å². The molecule has 1 amide bonds. The molecule has 1 N–H and O–H groups in total. The van der Waals surface area contributed by atoms with Gasteiger partial charge in [-0.3, -0.25) is 4.79 Å². The zero-order valence-corrected chi connectivity index (χ0v) is 18.6. The van der Waals surface area contributed by atoms with Crippen LogP contribution in [-0.2, 0) is 11.2 Å². The number of likely N-dealkylation sites (tertiary alicyclic amines) is 1. The van der Waals surface area contributed by atoms with E-state index in [0.29, 0.717) is 24.7 Å². The van der Waals surface area contributed by atoms with Gasteiger partial charge >= 0.3 is 12.1 Å². The van der Waals surface area contributed by atoms with Gasteiger partial charge in [0.1, 0.15) is 5.82 Å². The summed E-state index contributed by atoms with van der Waals surface area (Å²) in [5.41, 5.74) is 1.03. The lowest BCUT2D eigenvalue weighted by Crippen LogP contribution is -2.44. The summed E-state index contributed by atoms with van der Waals surface area (Å²) >= 11 is 3.51. The van der Waals surface area contributed by atoms with Crippen molar-refractivity contribution in [2.75, 3.05) is 19.6 Å². The predicted molar refractivity (Wildman–Crippen MR) is 112 cm³/mol. The Balaban J connectivity index is 1.33. The van der Waals surface area contributed by atoms with E-state index in [0.717, 1.165) is 68.2 Å². The van der Waals surface area contributed by atoms with Gasteiger partial charge in [-0.25, -0.2) is 4.39 Å². The molecule has 0 radical (unpaired) electrons. The summed E-state index contributed by atoms with van der Waals surface area (Å²) in [6.07, 6.45) is 2.32.